The van der Waals surface area contributed by atoms with Crippen LogP contribution in [0.5, 0.6) is 17.2 Å². The molecular weight excluding hydrogens is 340 g/mol. The zero-order valence-electron chi connectivity index (χ0n) is 13.2. The number of fused-ring (bicyclic) bond motifs is 1. The molecular formula is C18H14N2O6. The van der Waals surface area contributed by atoms with E-state index >= 15 is 0 Å². The number of phenolic OH excluding ortho intramolecular Hbond substituents is 3. The highest BCUT2D eigenvalue weighted by Gasteiger charge is 2.15. The van der Waals surface area contributed by atoms with Gasteiger partial charge in [-0.1, -0.05) is 11.2 Å². The van der Waals surface area contributed by atoms with Gasteiger partial charge in [-0.2, -0.15) is 0 Å². The van der Waals surface area contributed by atoms with E-state index < -0.39 is 11.7 Å². The lowest BCUT2D eigenvalue weighted by Gasteiger charge is -2.11. The molecule has 0 saturated carbocycles. The van der Waals surface area contributed by atoms with Crippen LogP contribution < -0.4 is 5.73 Å². The SMILES string of the molecule is NC(=NO)c1ccc(-c2cc(C(=O)O)c3cc(O)c(O)cc3c2)cc1O. The summed E-state index contributed by atoms with van der Waals surface area (Å²) in [7, 11) is 0. The molecule has 8 heteroatoms. The first-order valence-electron chi connectivity index (χ1n) is 7.36. The van der Waals surface area contributed by atoms with Crippen LogP contribution in [-0.4, -0.2) is 37.4 Å². The number of amidine groups is 1. The number of carboxylic acids is 1. The maximum Gasteiger partial charge on any atom is 0.336 e. The monoisotopic (exact) mass is 354 g/mol. The van der Waals surface area contributed by atoms with Crippen LogP contribution in [0.3, 0.4) is 0 Å². The van der Waals surface area contributed by atoms with Gasteiger partial charge in [0.25, 0.3) is 0 Å². The molecule has 3 aromatic rings. The summed E-state index contributed by atoms with van der Waals surface area (Å²) in [5.41, 5.74) is 6.45. The van der Waals surface area contributed by atoms with E-state index in [0.717, 1.165) is 0 Å². The van der Waals surface area contributed by atoms with Gasteiger partial charge in [0.1, 0.15) is 5.75 Å². The topological polar surface area (TPSA) is 157 Å². The molecule has 7 N–H and O–H groups in total. The Morgan fingerprint density at radius 1 is 0.846 bits per heavy atom. The molecule has 0 saturated heterocycles. The average molecular weight is 354 g/mol. The van der Waals surface area contributed by atoms with Gasteiger partial charge < -0.3 is 31.4 Å². The van der Waals surface area contributed by atoms with E-state index in [1.165, 1.54) is 30.3 Å². The third-order valence-electron chi connectivity index (χ3n) is 3.99. The number of hydrogen-bond donors (Lipinski definition) is 6. The van der Waals surface area contributed by atoms with Gasteiger partial charge >= 0.3 is 5.97 Å². The number of rotatable bonds is 3. The minimum absolute atomic E-state index is 0.0761. The number of aromatic carboxylic acids is 1. The summed E-state index contributed by atoms with van der Waals surface area (Å²) in [4.78, 5) is 11.6. The van der Waals surface area contributed by atoms with Crippen LogP contribution in [-0.2, 0) is 0 Å². The molecule has 0 aliphatic carbocycles. The van der Waals surface area contributed by atoms with E-state index in [4.69, 9.17) is 10.9 Å². The number of benzene rings is 3. The maximum atomic E-state index is 11.6. The Kier molecular flexibility index (Phi) is 4.01. The smallest absolute Gasteiger partial charge is 0.336 e. The van der Waals surface area contributed by atoms with E-state index in [-0.39, 0.29) is 33.8 Å². The Morgan fingerprint density at radius 3 is 2.15 bits per heavy atom. The van der Waals surface area contributed by atoms with Gasteiger partial charge in [-0.25, -0.2) is 4.79 Å². The van der Waals surface area contributed by atoms with Crippen LogP contribution in [0.4, 0.5) is 0 Å². The number of nitrogens with zero attached hydrogens (tertiary/aromatic N) is 1. The Hall–Kier alpha value is -3.94. The van der Waals surface area contributed by atoms with Gasteiger partial charge in [-0.05, 0) is 52.9 Å². The van der Waals surface area contributed by atoms with Gasteiger partial charge in [0.15, 0.2) is 17.3 Å². The van der Waals surface area contributed by atoms with Crippen LogP contribution in [0.25, 0.3) is 21.9 Å². The predicted octanol–water partition coefficient (Wildman–Crippen LogP) is 2.42. The summed E-state index contributed by atoms with van der Waals surface area (Å²) in [5.74, 6) is -2.52. The van der Waals surface area contributed by atoms with Crippen molar-refractivity contribution in [3.05, 3.63) is 53.6 Å². The number of nitrogens with two attached hydrogens (primary N) is 1. The van der Waals surface area contributed by atoms with Crippen molar-refractivity contribution in [2.75, 3.05) is 0 Å². The summed E-state index contributed by atoms with van der Waals surface area (Å²) < 4.78 is 0. The summed E-state index contributed by atoms with van der Waals surface area (Å²) in [5, 5.41) is 51.0. The molecule has 0 radical (unpaired) electrons. The zero-order valence-corrected chi connectivity index (χ0v) is 13.2. The molecule has 8 nitrogen and oxygen atoms in total. The number of oxime groups is 1. The summed E-state index contributed by atoms with van der Waals surface area (Å²) in [6.07, 6.45) is 0. The van der Waals surface area contributed by atoms with E-state index in [2.05, 4.69) is 5.16 Å². The third kappa shape index (κ3) is 2.80. The predicted molar refractivity (Wildman–Crippen MR) is 93.8 cm³/mol. The molecule has 0 bridgehead atoms. The molecule has 3 rings (SSSR count). The molecule has 132 valence electrons. The van der Waals surface area contributed by atoms with Crippen molar-refractivity contribution in [2.45, 2.75) is 0 Å². The molecule has 0 heterocycles. The summed E-state index contributed by atoms with van der Waals surface area (Å²) >= 11 is 0. The van der Waals surface area contributed by atoms with Crippen LogP contribution >= 0.6 is 0 Å². The van der Waals surface area contributed by atoms with Crippen molar-refractivity contribution in [3.8, 4) is 28.4 Å². The second-order valence-electron chi connectivity index (χ2n) is 5.61. The molecule has 0 atom stereocenters. The fraction of sp³-hybridized carbons (Fsp3) is 0. The van der Waals surface area contributed by atoms with Gasteiger partial charge in [0.2, 0.25) is 0 Å². The Balaban J connectivity index is 2.24. The maximum absolute atomic E-state index is 11.6. The molecule has 0 aliphatic heterocycles. The van der Waals surface area contributed by atoms with E-state index in [0.29, 0.717) is 16.5 Å². The summed E-state index contributed by atoms with van der Waals surface area (Å²) in [6.45, 7) is 0. The second kappa shape index (κ2) is 6.17. The minimum Gasteiger partial charge on any atom is -0.507 e. The minimum atomic E-state index is -1.21. The number of carboxylic acid groups (broad SMARTS) is 1. The third-order valence-corrected chi connectivity index (χ3v) is 3.99. The molecule has 0 aromatic heterocycles. The largest absolute Gasteiger partial charge is 0.507 e. The number of aromatic hydroxyl groups is 3. The first-order valence-corrected chi connectivity index (χ1v) is 7.36. The number of hydrogen-bond acceptors (Lipinski definition) is 6. The summed E-state index contributed by atoms with van der Waals surface area (Å²) in [6, 6.07) is 9.78. The van der Waals surface area contributed by atoms with E-state index in [9.17, 15) is 25.2 Å². The highest BCUT2D eigenvalue weighted by Crippen LogP contribution is 2.36. The van der Waals surface area contributed by atoms with Crippen molar-refractivity contribution >= 4 is 22.6 Å². The normalized spacial score (nSPS) is 11.6. The fourth-order valence-corrected chi connectivity index (χ4v) is 2.71. The van der Waals surface area contributed by atoms with Gasteiger partial charge in [-0.3, -0.25) is 0 Å². The average Bonchev–Trinajstić information content (AvgIpc) is 2.61. The van der Waals surface area contributed by atoms with Crippen molar-refractivity contribution in [3.63, 3.8) is 0 Å². The molecule has 3 aromatic carbocycles. The highest BCUT2D eigenvalue weighted by molar-refractivity contribution is 6.07. The van der Waals surface area contributed by atoms with Gasteiger partial charge in [0, 0.05) is 5.39 Å². The van der Waals surface area contributed by atoms with Crippen LogP contribution in [0, 0.1) is 0 Å². The van der Waals surface area contributed by atoms with Gasteiger partial charge in [0.05, 0.1) is 11.1 Å². The van der Waals surface area contributed by atoms with E-state index in [1.54, 1.807) is 12.1 Å². The Bertz CT molecular complexity index is 1070. The standard InChI is InChI=1S/C18H14N2O6/c19-17(20-26)11-2-1-8(5-14(11)21)9-3-10-6-15(22)16(23)7-12(10)13(4-9)18(24)25/h1-7,21-23,26H,(H2,19,20)(H,24,25). The van der Waals surface area contributed by atoms with Crippen molar-refractivity contribution in [1.29, 1.82) is 0 Å². The van der Waals surface area contributed by atoms with Crippen LogP contribution in [0.1, 0.15) is 15.9 Å². The van der Waals surface area contributed by atoms with Crippen molar-refractivity contribution in [1.82, 2.24) is 0 Å². The Morgan fingerprint density at radius 2 is 1.54 bits per heavy atom. The first-order chi connectivity index (χ1) is 12.3. The number of carbonyl (C=O) groups is 1. The first kappa shape index (κ1) is 16.9. The molecule has 0 amide bonds. The zero-order chi connectivity index (χ0) is 19.0. The molecule has 0 unspecified atom stereocenters. The fourth-order valence-electron chi connectivity index (χ4n) is 2.71. The lowest BCUT2D eigenvalue weighted by molar-refractivity contribution is 0.0699. The quantitative estimate of drug-likeness (QED) is 0.139. The second-order valence-corrected chi connectivity index (χ2v) is 5.61. The van der Waals surface area contributed by atoms with Gasteiger partial charge in [-0.15, -0.1) is 0 Å². The van der Waals surface area contributed by atoms with Crippen molar-refractivity contribution in [2.24, 2.45) is 10.9 Å². The number of phenols is 3. The molecule has 0 spiro atoms. The highest BCUT2D eigenvalue weighted by atomic mass is 16.4. The molecule has 26 heavy (non-hydrogen) atoms. The lowest BCUT2D eigenvalue weighted by atomic mass is 9.95. The Labute approximate surface area is 146 Å². The molecule has 0 fully saturated rings. The van der Waals surface area contributed by atoms with Crippen molar-refractivity contribution < 1.29 is 30.4 Å². The lowest BCUT2D eigenvalue weighted by Crippen LogP contribution is -2.13. The van der Waals surface area contributed by atoms with Crippen LogP contribution in [0.2, 0.25) is 0 Å². The molecule has 0 aliphatic rings. The van der Waals surface area contributed by atoms with Crippen LogP contribution in [0.15, 0.2) is 47.6 Å². The van der Waals surface area contributed by atoms with E-state index in [1.807, 2.05) is 0 Å².